The molecule has 2 aliphatic carbocycles. The van der Waals surface area contributed by atoms with Crippen LogP contribution in [-0.4, -0.2) is 24.0 Å². The van der Waals surface area contributed by atoms with Gasteiger partial charge < -0.3 is 5.32 Å². The Kier molecular flexibility index (Phi) is 9.44. The molecule has 0 amide bonds. The number of aliphatic imine (C=N–C) groups is 1. The minimum Gasteiger partial charge on any atom is -0.362 e. The molecule has 2 rings (SSSR count). The lowest BCUT2D eigenvalue weighted by atomic mass is 9.64. The molecule has 2 fully saturated rings. The fourth-order valence-electron chi connectivity index (χ4n) is 5.16. The van der Waals surface area contributed by atoms with Crippen molar-refractivity contribution in [3.8, 4) is 0 Å². The van der Waals surface area contributed by atoms with E-state index in [1.54, 1.807) is 0 Å². The van der Waals surface area contributed by atoms with Gasteiger partial charge in [0.15, 0.2) is 5.17 Å². The molecule has 0 radical (unpaired) electrons. The third-order valence-corrected chi connectivity index (χ3v) is 7.57. The molecule has 0 bridgehead atoms. The fourth-order valence-corrected chi connectivity index (χ4v) is 5.95. The van der Waals surface area contributed by atoms with E-state index in [2.05, 4.69) is 43.2 Å². The maximum atomic E-state index is 4.53. The zero-order valence-electron chi connectivity index (χ0n) is 17.0. The first-order valence-corrected chi connectivity index (χ1v) is 11.7. The van der Waals surface area contributed by atoms with Gasteiger partial charge in [-0.3, -0.25) is 4.99 Å². The Morgan fingerprint density at radius 1 is 1.04 bits per heavy atom. The van der Waals surface area contributed by atoms with E-state index >= 15 is 0 Å². The van der Waals surface area contributed by atoms with Gasteiger partial charge in [0.1, 0.15) is 0 Å². The van der Waals surface area contributed by atoms with Gasteiger partial charge in [-0.15, -0.1) is 0 Å². The second-order valence-electron chi connectivity index (χ2n) is 8.05. The minimum absolute atomic E-state index is 0.617. The third-order valence-electron chi connectivity index (χ3n) is 6.64. The van der Waals surface area contributed by atoms with Crippen LogP contribution < -0.4 is 5.32 Å². The molecule has 0 saturated heterocycles. The molecular formula is C22H40N2S. The van der Waals surface area contributed by atoms with Gasteiger partial charge in [-0.2, -0.15) is 0 Å². The third kappa shape index (κ3) is 6.05. The van der Waals surface area contributed by atoms with E-state index in [-0.39, 0.29) is 0 Å². The molecule has 1 N–H and O–H groups in total. The van der Waals surface area contributed by atoms with Gasteiger partial charge in [0.05, 0.1) is 0 Å². The van der Waals surface area contributed by atoms with Crippen molar-refractivity contribution in [2.75, 3.05) is 12.8 Å². The van der Waals surface area contributed by atoms with Crippen LogP contribution in [0.25, 0.3) is 0 Å². The van der Waals surface area contributed by atoms with E-state index < -0.39 is 0 Å². The Labute approximate surface area is 160 Å². The zero-order valence-corrected chi connectivity index (χ0v) is 17.8. The van der Waals surface area contributed by atoms with Crippen molar-refractivity contribution in [2.24, 2.45) is 28.7 Å². The zero-order chi connectivity index (χ0) is 18.1. The Morgan fingerprint density at radius 3 is 2.20 bits per heavy atom. The molecule has 2 nitrogen and oxygen atoms in total. The number of nitrogens with one attached hydrogen (secondary N) is 1. The second kappa shape index (κ2) is 11.3. The summed E-state index contributed by atoms with van der Waals surface area (Å²) in [7, 11) is 1.93. The van der Waals surface area contributed by atoms with E-state index in [4.69, 9.17) is 0 Å². The van der Waals surface area contributed by atoms with Crippen LogP contribution in [0.15, 0.2) is 17.1 Å². The van der Waals surface area contributed by atoms with Crippen LogP contribution in [0.4, 0.5) is 0 Å². The van der Waals surface area contributed by atoms with E-state index in [9.17, 15) is 0 Å². The van der Waals surface area contributed by atoms with Crippen LogP contribution in [0.2, 0.25) is 0 Å². The number of hydrogen-bond acceptors (Lipinski definition) is 2. The van der Waals surface area contributed by atoms with Gasteiger partial charge in [0.25, 0.3) is 0 Å². The van der Waals surface area contributed by atoms with E-state index in [0.717, 1.165) is 34.6 Å². The molecule has 0 aromatic heterocycles. The normalized spacial score (nSPS) is 32.2. The average Bonchev–Trinajstić information content (AvgIpc) is 2.67. The largest absolute Gasteiger partial charge is 0.362 e. The lowest BCUT2D eigenvalue weighted by Gasteiger charge is -2.45. The number of hydrogen-bond donors (Lipinski definition) is 1. The summed E-state index contributed by atoms with van der Waals surface area (Å²) in [5.74, 6) is 4.63. The highest BCUT2D eigenvalue weighted by Crippen LogP contribution is 2.44. The molecular weight excluding hydrogens is 324 g/mol. The number of thioether (sulfide) groups is 1. The van der Waals surface area contributed by atoms with Crippen molar-refractivity contribution in [1.29, 1.82) is 0 Å². The Balaban J connectivity index is 2.01. The van der Waals surface area contributed by atoms with Gasteiger partial charge in [0, 0.05) is 18.8 Å². The molecule has 2 unspecified atom stereocenters. The van der Waals surface area contributed by atoms with Crippen LogP contribution in [0.3, 0.4) is 0 Å². The highest BCUT2D eigenvalue weighted by molar-refractivity contribution is 8.13. The van der Waals surface area contributed by atoms with Crippen LogP contribution in [0.5, 0.6) is 0 Å². The summed E-state index contributed by atoms with van der Waals surface area (Å²) in [5, 5.41) is 5.00. The molecule has 0 aromatic rings. The first-order chi connectivity index (χ1) is 12.2. The van der Waals surface area contributed by atoms with Crippen LogP contribution in [0, 0.1) is 23.7 Å². The highest BCUT2D eigenvalue weighted by atomic mass is 32.2. The maximum Gasteiger partial charge on any atom is 0.156 e. The predicted octanol–water partition coefficient (Wildman–Crippen LogP) is 6.28. The summed E-state index contributed by atoms with van der Waals surface area (Å²) in [4.78, 5) is 4.53. The van der Waals surface area contributed by atoms with Gasteiger partial charge >= 0.3 is 0 Å². The van der Waals surface area contributed by atoms with Crippen LogP contribution in [0.1, 0.15) is 78.6 Å². The number of nitrogens with zero attached hydrogens (tertiary/aromatic N) is 1. The summed E-state index contributed by atoms with van der Waals surface area (Å²) >= 11 is 1.85. The van der Waals surface area contributed by atoms with Crippen molar-refractivity contribution in [3.63, 3.8) is 0 Å². The summed E-state index contributed by atoms with van der Waals surface area (Å²) in [6.45, 7) is 6.87. The fraction of sp³-hybridized carbons (Fsp3) is 0.864. The first kappa shape index (κ1) is 20.9. The van der Waals surface area contributed by atoms with E-state index in [0.29, 0.717) is 6.04 Å². The Morgan fingerprint density at radius 2 is 1.68 bits per heavy atom. The first-order valence-electron chi connectivity index (χ1n) is 10.7. The van der Waals surface area contributed by atoms with Crippen molar-refractivity contribution in [2.45, 2.75) is 84.6 Å². The lowest BCUT2D eigenvalue weighted by Crippen LogP contribution is -2.49. The molecule has 0 heterocycles. The molecule has 2 aliphatic rings. The van der Waals surface area contributed by atoms with Crippen molar-refractivity contribution in [3.05, 3.63) is 12.2 Å². The molecule has 144 valence electrons. The van der Waals surface area contributed by atoms with Crippen molar-refractivity contribution < 1.29 is 0 Å². The summed E-state index contributed by atoms with van der Waals surface area (Å²) in [6.07, 6.45) is 17.2. The predicted molar refractivity (Wildman–Crippen MR) is 114 cm³/mol. The van der Waals surface area contributed by atoms with E-state index in [1.165, 1.54) is 57.8 Å². The Bertz CT molecular complexity index is 412. The molecule has 25 heavy (non-hydrogen) atoms. The highest BCUT2D eigenvalue weighted by Gasteiger charge is 2.39. The van der Waals surface area contributed by atoms with E-state index in [1.807, 2.05) is 18.8 Å². The molecule has 0 aliphatic heterocycles. The summed E-state index contributed by atoms with van der Waals surface area (Å²) in [5.41, 5.74) is 0. The molecule has 3 heteroatoms. The van der Waals surface area contributed by atoms with Crippen LogP contribution in [-0.2, 0) is 0 Å². The van der Waals surface area contributed by atoms with Gasteiger partial charge in [-0.05, 0) is 43.4 Å². The molecule has 0 aromatic carbocycles. The number of allylic oxidation sites excluding steroid dienone is 1. The monoisotopic (exact) mass is 364 g/mol. The van der Waals surface area contributed by atoms with Gasteiger partial charge in [-0.25, -0.2) is 0 Å². The smallest absolute Gasteiger partial charge is 0.156 e. The topological polar surface area (TPSA) is 24.4 Å². The molecule has 2 saturated carbocycles. The quantitative estimate of drug-likeness (QED) is 0.340. The van der Waals surface area contributed by atoms with Crippen molar-refractivity contribution >= 4 is 16.9 Å². The minimum atomic E-state index is 0.617. The maximum absolute atomic E-state index is 4.53. The average molecular weight is 365 g/mol. The SMILES string of the molecule is CC=CCSC(=NC)NC1C(CC)CC(C2CCCCC2)CC1CC. The Hall–Kier alpha value is -0.440. The number of rotatable bonds is 6. The van der Waals surface area contributed by atoms with Gasteiger partial charge in [0.2, 0.25) is 0 Å². The van der Waals surface area contributed by atoms with Crippen LogP contribution >= 0.6 is 11.8 Å². The number of amidine groups is 1. The molecule has 2 atom stereocenters. The summed E-state index contributed by atoms with van der Waals surface area (Å²) < 4.78 is 0. The second-order valence-corrected chi connectivity index (χ2v) is 9.05. The summed E-state index contributed by atoms with van der Waals surface area (Å²) in [6, 6.07) is 0.617. The van der Waals surface area contributed by atoms with Crippen molar-refractivity contribution in [1.82, 2.24) is 5.32 Å². The van der Waals surface area contributed by atoms with Gasteiger partial charge in [-0.1, -0.05) is 82.7 Å². The molecule has 0 spiro atoms. The lowest BCUT2D eigenvalue weighted by molar-refractivity contribution is 0.0875. The standard InChI is InChI=1S/C22H40N2S/c1-5-8-14-25-22(23-4)24-21-17(6-2)15-20(16-18(21)7-3)19-12-10-9-11-13-19/h5,8,17-21H,6-7,9-16H2,1-4H3,(H,23,24).